The van der Waals surface area contributed by atoms with Crippen molar-refractivity contribution in [3.05, 3.63) is 23.4 Å². The summed E-state index contributed by atoms with van der Waals surface area (Å²) in [5, 5.41) is 0. The Bertz CT molecular complexity index is 406. The number of ether oxygens (including phenoxy) is 1. The Balaban J connectivity index is 2.10. The van der Waals surface area contributed by atoms with E-state index >= 15 is 0 Å². The summed E-state index contributed by atoms with van der Waals surface area (Å²) in [6, 6.07) is 2.38. The molecule has 0 bridgehead atoms. The van der Waals surface area contributed by atoms with Crippen LogP contribution in [-0.4, -0.2) is 37.3 Å². The van der Waals surface area contributed by atoms with Gasteiger partial charge in [0.05, 0.1) is 6.10 Å². The molecule has 18 heavy (non-hydrogen) atoms. The second-order valence-corrected chi connectivity index (χ2v) is 5.26. The Morgan fingerprint density at radius 1 is 1.61 bits per heavy atom. The number of rotatable bonds is 4. The van der Waals surface area contributed by atoms with Crippen molar-refractivity contribution in [2.75, 3.05) is 25.1 Å². The Hall–Kier alpha value is -1.13. The number of aromatic nitrogens is 1. The zero-order chi connectivity index (χ0) is 13.1. The molecule has 1 fully saturated rings. The topological polar surface area (TPSA) is 51.4 Å². The van der Waals surface area contributed by atoms with Crippen LogP contribution < -0.4 is 10.6 Å². The minimum atomic E-state index is 0.182. The maximum absolute atomic E-state index is 5.82. The standard InChI is InChI=1S/C14H23N3O/c1-10-6-12(7-11(2)15)8-16-14(10)17-5-4-13(9-17)18-3/h6,8,11,13H,4-5,7,9,15H2,1-3H3. The van der Waals surface area contributed by atoms with Gasteiger partial charge in [0, 0.05) is 32.4 Å². The molecule has 0 amide bonds. The summed E-state index contributed by atoms with van der Waals surface area (Å²) >= 11 is 0. The highest BCUT2D eigenvalue weighted by atomic mass is 16.5. The van der Waals surface area contributed by atoms with E-state index < -0.39 is 0 Å². The Morgan fingerprint density at radius 3 is 2.94 bits per heavy atom. The fourth-order valence-electron chi connectivity index (χ4n) is 2.55. The van der Waals surface area contributed by atoms with Crippen molar-refractivity contribution in [2.45, 2.75) is 38.8 Å². The molecule has 1 aromatic rings. The molecule has 0 aromatic carbocycles. The number of hydrogen-bond acceptors (Lipinski definition) is 4. The Kier molecular flexibility index (Phi) is 4.19. The van der Waals surface area contributed by atoms with Crippen LogP contribution >= 0.6 is 0 Å². The van der Waals surface area contributed by atoms with E-state index in [1.54, 1.807) is 7.11 Å². The van der Waals surface area contributed by atoms with Gasteiger partial charge in [-0.05, 0) is 37.8 Å². The van der Waals surface area contributed by atoms with Crippen LogP contribution in [0.3, 0.4) is 0 Å². The number of hydrogen-bond donors (Lipinski definition) is 1. The lowest BCUT2D eigenvalue weighted by atomic mass is 10.1. The zero-order valence-corrected chi connectivity index (χ0v) is 11.5. The average Bonchev–Trinajstić information content (AvgIpc) is 2.76. The van der Waals surface area contributed by atoms with Gasteiger partial charge in [-0.2, -0.15) is 0 Å². The first kappa shape index (κ1) is 13.3. The Morgan fingerprint density at radius 2 is 2.39 bits per heavy atom. The van der Waals surface area contributed by atoms with E-state index in [1.807, 2.05) is 13.1 Å². The van der Waals surface area contributed by atoms with Gasteiger partial charge < -0.3 is 15.4 Å². The van der Waals surface area contributed by atoms with Gasteiger partial charge in [0.15, 0.2) is 0 Å². The number of nitrogens with two attached hydrogens (primary N) is 1. The zero-order valence-electron chi connectivity index (χ0n) is 11.5. The van der Waals surface area contributed by atoms with Crippen molar-refractivity contribution in [1.82, 2.24) is 4.98 Å². The molecule has 1 aromatic heterocycles. The predicted molar refractivity (Wildman–Crippen MR) is 74.0 cm³/mol. The molecule has 0 aliphatic carbocycles. The summed E-state index contributed by atoms with van der Waals surface area (Å²) in [5.74, 6) is 1.09. The molecule has 4 heteroatoms. The first-order chi connectivity index (χ1) is 8.60. The van der Waals surface area contributed by atoms with Crippen molar-refractivity contribution in [3.63, 3.8) is 0 Å². The van der Waals surface area contributed by atoms with Crippen LogP contribution in [0.5, 0.6) is 0 Å². The monoisotopic (exact) mass is 249 g/mol. The third-order valence-electron chi connectivity index (χ3n) is 3.44. The summed E-state index contributed by atoms with van der Waals surface area (Å²) < 4.78 is 5.39. The van der Waals surface area contributed by atoms with Gasteiger partial charge in [0.1, 0.15) is 5.82 Å². The third-order valence-corrected chi connectivity index (χ3v) is 3.44. The van der Waals surface area contributed by atoms with Gasteiger partial charge in [-0.25, -0.2) is 4.98 Å². The van der Waals surface area contributed by atoms with Gasteiger partial charge in [-0.3, -0.25) is 0 Å². The lowest BCUT2D eigenvalue weighted by Crippen LogP contribution is -2.24. The largest absolute Gasteiger partial charge is 0.380 e. The van der Waals surface area contributed by atoms with Gasteiger partial charge in [0.2, 0.25) is 0 Å². The molecule has 1 saturated heterocycles. The molecule has 2 heterocycles. The lowest BCUT2D eigenvalue weighted by Gasteiger charge is -2.20. The molecule has 0 radical (unpaired) electrons. The Labute approximate surface area is 109 Å². The molecule has 0 saturated carbocycles. The maximum atomic E-state index is 5.82. The number of pyridine rings is 1. The summed E-state index contributed by atoms with van der Waals surface area (Å²) in [7, 11) is 1.78. The van der Waals surface area contributed by atoms with Crippen molar-refractivity contribution >= 4 is 5.82 Å². The van der Waals surface area contributed by atoms with Gasteiger partial charge in [0.25, 0.3) is 0 Å². The van der Waals surface area contributed by atoms with Crippen molar-refractivity contribution < 1.29 is 4.74 Å². The third kappa shape index (κ3) is 3.00. The van der Waals surface area contributed by atoms with Crippen LogP contribution in [0.25, 0.3) is 0 Å². The molecule has 100 valence electrons. The average molecular weight is 249 g/mol. The van der Waals surface area contributed by atoms with E-state index in [9.17, 15) is 0 Å². The van der Waals surface area contributed by atoms with Crippen LogP contribution in [0.15, 0.2) is 12.3 Å². The van der Waals surface area contributed by atoms with Crippen LogP contribution in [0.4, 0.5) is 5.82 Å². The SMILES string of the molecule is COC1CCN(c2ncc(CC(C)N)cc2C)C1. The normalized spacial score (nSPS) is 21.3. The second kappa shape index (κ2) is 5.67. The van der Waals surface area contributed by atoms with E-state index in [0.717, 1.165) is 31.7 Å². The summed E-state index contributed by atoms with van der Waals surface area (Å²) in [6.07, 6.45) is 4.26. The number of aryl methyl sites for hydroxylation is 1. The fourth-order valence-corrected chi connectivity index (χ4v) is 2.55. The van der Waals surface area contributed by atoms with Gasteiger partial charge in [-0.15, -0.1) is 0 Å². The molecule has 1 aliphatic heterocycles. The highest BCUT2D eigenvalue weighted by Gasteiger charge is 2.24. The van der Waals surface area contributed by atoms with Crippen molar-refractivity contribution in [1.29, 1.82) is 0 Å². The molecule has 2 unspecified atom stereocenters. The molecule has 4 nitrogen and oxygen atoms in total. The molecule has 2 rings (SSSR count). The number of nitrogens with zero attached hydrogens (tertiary/aromatic N) is 2. The minimum Gasteiger partial charge on any atom is -0.380 e. The predicted octanol–water partition coefficient (Wildman–Crippen LogP) is 1.50. The fraction of sp³-hybridized carbons (Fsp3) is 0.643. The number of methoxy groups -OCH3 is 1. The van der Waals surface area contributed by atoms with Crippen LogP contribution in [0.2, 0.25) is 0 Å². The molecular weight excluding hydrogens is 226 g/mol. The van der Waals surface area contributed by atoms with Crippen molar-refractivity contribution in [2.24, 2.45) is 5.73 Å². The van der Waals surface area contributed by atoms with E-state index in [-0.39, 0.29) is 6.04 Å². The van der Waals surface area contributed by atoms with Gasteiger partial charge in [-0.1, -0.05) is 6.07 Å². The first-order valence-electron chi connectivity index (χ1n) is 6.59. The van der Waals surface area contributed by atoms with E-state index in [2.05, 4.69) is 22.9 Å². The molecule has 2 N–H and O–H groups in total. The van der Waals surface area contributed by atoms with E-state index in [1.165, 1.54) is 11.1 Å². The first-order valence-corrected chi connectivity index (χ1v) is 6.59. The van der Waals surface area contributed by atoms with Crippen molar-refractivity contribution in [3.8, 4) is 0 Å². The maximum Gasteiger partial charge on any atom is 0.131 e. The number of anilines is 1. The van der Waals surface area contributed by atoms with Gasteiger partial charge >= 0.3 is 0 Å². The van der Waals surface area contributed by atoms with Crippen LogP contribution in [0, 0.1) is 6.92 Å². The second-order valence-electron chi connectivity index (χ2n) is 5.26. The summed E-state index contributed by atoms with van der Waals surface area (Å²) in [5.41, 5.74) is 8.26. The smallest absolute Gasteiger partial charge is 0.131 e. The molecule has 2 atom stereocenters. The quantitative estimate of drug-likeness (QED) is 0.878. The van der Waals surface area contributed by atoms with E-state index in [4.69, 9.17) is 10.5 Å². The van der Waals surface area contributed by atoms with Crippen LogP contribution in [-0.2, 0) is 11.2 Å². The highest BCUT2D eigenvalue weighted by molar-refractivity contribution is 5.48. The molecule has 1 aliphatic rings. The van der Waals surface area contributed by atoms with Crippen LogP contribution in [0.1, 0.15) is 24.5 Å². The minimum absolute atomic E-state index is 0.182. The molecule has 0 spiro atoms. The van der Waals surface area contributed by atoms with E-state index in [0.29, 0.717) is 6.10 Å². The summed E-state index contributed by atoms with van der Waals surface area (Å²) in [4.78, 5) is 6.90. The highest BCUT2D eigenvalue weighted by Crippen LogP contribution is 2.23. The summed E-state index contributed by atoms with van der Waals surface area (Å²) in [6.45, 7) is 6.11. The lowest BCUT2D eigenvalue weighted by molar-refractivity contribution is 0.121. The molecular formula is C14H23N3O.